The van der Waals surface area contributed by atoms with Gasteiger partial charge in [0.1, 0.15) is 12.3 Å². The Labute approximate surface area is 214 Å². The van der Waals surface area contributed by atoms with Gasteiger partial charge in [-0.3, -0.25) is 14.3 Å². The van der Waals surface area contributed by atoms with Crippen molar-refractivity contribution in [3.8, 4) is 11.5 Å². The molecule has 0 saturated heterocycles. The third kappa shape index (κ3) is 7.71. The number of anilines is 1. The fourth-order valence-corrected chi connectivity index (χ4v) is 4.50. The third-order valence-electron chi connectivity index (χ3n) is 4.53. The quantitative estimate of drug-likeness (QED) is 0.266. The number of ether oxygens (including phenoxy) is 1. The van der Waals surface area contributed by atoms with Gasteiger partial charge >= 0.3 is 11.9 Å². The molecule has 0 saturated carbocycles. The summed E-state index contributed by atoms with van der Waals surface area (Å²) in [7, 11) is 0. The van der Waals surface area contributed by atoms with Crippen molar-refractivity contribution in [1.82, 2.24) is 9.78 Å². The number of carboxylic acids is 2. The molecule has 9 nitrogen and oxygen atoms in total. The highest BCUT2D eigenvalue weighted by atomic mass is 79.9. The minimum absolute atomic E-state index is 0.157. The van der Waals surface area contributed by atoms with Crippen molar-refractivity contribution >= 4 is 60.4 Å². The van der Waals surface area contributed by atoms with E-state index in [2.05, 4.69) is 68.4 Å². The summed E-state index contributed by atoms with van der Waals surface area (Å²) in [6.45, 7) is 6.96. The second-order valence-electron chi connectivity index (χ2n) is 7.77. The molecule has 1 aromatic heterocycles. The average Bonchev–Trinajstić information content (AvgIpc) is 3.10. The fraction of sp³-hybridized carbons (Fsp3) is 0.348. The smallest absolute Gasteiger partial charge is 0.322 e. The van der Waals surface area contributed by atoms with Crippen LogP contribution in [0.2, 0.25) is 0 Å². The van der Waals surface area contributed by atoms with Crippen molar-refractivity contribution in [1.29, 1.82) is 0 Å². The Kier molecular flexibility index (Phi) is 10.3. The Morgan fingerprint density at radius 2 is 1.76 bits per heavy atom. The monoisotopic (exact) mass is 598 g/mol. The van der Waals surface area contributed by atoms with Gasteiger partial charge in [-0.2, -0.15) is 5.10 Å². The van der Waals surface area contributed by atoms with Crippen LogP contribution in [0.3, 0.4) is 0 Å². The number of nitrogens with one attached hydrogen (secondary N) is 1. The van der Waals surface area contributed by atoms with E-state index in [0.29, 0.717) is 32.0 Å². The van der Waals surface area contributed by atoms with Crippen molar-refractivity contribution in [3.63, 3.8) is 0 Å². The van der Waals surface area contributed by atoms with Crippen LogP contribution in [0, 0.1) is 5.92 Å². The van der Waals surface area contributed by atoms with E-state index >= 15 is 0 Å². The molecule has 0 fully saturated rings. The molecule has 0 aliphatic carbocycles. The molecular weight excluding hydrogens is 572 g/mol. The molecule has 11 heteroatoms. The number of carbonyl (C=O) groups is 2. The minimum Gasteiger partial charge on any atom is -0.480 e. The van der Waals surface area contributed by atoms with E-state index < -0.39 is 11.9 Å². The molecule has 0 spiro atoms. The van der Waals surface area contributed by atoms with Gasteiger partial charge in [0.15, 0.2) is 5.75 Å². The number of nitrogens with zero attached hydrogens (tertiary/aromatic N) is 2. The van der Waals surface area contributed by atoms with E-state index in [0.717, 1.165) is 23.9 Å². The largest absolute Gasteiger partial charge is 0.480 e. The van der Waals surface area contributed by atoms with Crippen molar-refractivity contribution < 1.29 is 24.5 Å². The molecule has 5 N–H and O–H groups in total. The van der Waals surface area contributed by atoms with E-state index in [1.165, 1.54) is 5.69 Å². The van der Waals surface area contributed by atoms with E-state index in [4.69, 9.17) is 20.0 Å². The van der Waals surface area contributed by atoms with Crippen LogP contribution in [-0.2, 0) is 22.6 Å². The summed E-state index contributed by atoms with van der Waals surface area (Å²) < 4.78 is 9.66. The SMILES string of the molecule is CCc1c2cc(Oc3c(Br)cc(NCC(=O)O)cc3Br)ccc2nn1CC(C)C.NCC(=O)O. The Hall–Kier alpha value is -2.63. The number of fused-ring (bicyclic) bond motifs is 1. The van der Waals surface area contributed by atoms with Crippen LogP contribution < -0.4 is 15.8 Å². The first-order valence-electron chi connectivity index (χ1n) is 10.6. The highest BCUT2D eigenvalue weighted by Crippen LogP contribution is 2.40. The topological polar surface area (TPSA) is 140 Å². The molecule has 3 aromatic rings. The lowest BCUT2D eigenvalue weighted by Crippen LogP contribution is -2.12. The standard InChI is InChI=1S/C21H23Br2N3O3.C2H5NO2/c1-4-19-15-9-14(5-6-18(15)25-26(19)11-12(2)3)29-21-16(22)7-13(8-17(21)23)24-10-20(27)28;3-1-2(4)5/h5-9,12,24H,4,10-11H2,1-3H3,(H,27,28);1,3H2,(H,4,5). The van der Waals surface area contributed by atoms with Gasteiger partial charge < -0.3 is 26.0 Å². The second-order valence-corrected chi connectivity index (χ2v) is 9.48. The molecular formula is C23H28Br2N4O5. The first-order valence-corrected chi connectivity index (χ1v) is 12.2. The van der Waals surface area contributed by atoms with Crippen LogP contribution in [0.25, 0.3) is 10.9 Å². The molecule has 0 amide bonds. The molecule has 0 atom stereocenters. The average molecular weight is 600 g/mol. The van der Waals surface area contributed by atoms with Crippen molar-refractivity contribution in [2.24, 2.45) is 11.7 Å². The lowest BCUT2D eigenvalue weighted by molar-refractivity contribution is -0.136. The highest BCUT2D eigenvalue weighted by Gasteiger charge is 2.15. The normalized spacial score (nSPS) is 10.7. The molecule has 0 unspecified atom stereocenters. The molecule has 2 aromatic carbocycles. The zero-order valence-corrected chi connectivity index (χ0v) is 22.3. The lowest BCUT2D eigenvalue weighted by Gasteiger charge is -2.13. The molecule has 0 bridgehead atoms. The summed E-state index contributed by atoms with van der Waals surface area (Å²) in [6.07, 6.45) is 0.893. The minimum atomic E-state index is -0.968. The number of hydrogen-bond acceptors (Lipinski definition) is 6. The van der Waals surface area contributed by atoms with E-state index in [1.54, 1.807) is 12.1 Å². The number of benzene rings is 2. The maximum Gasteiger partial charge on any atom is 0.322 e. The van der Waals surface area contributed by atoms with E-state index in [9.17, 15) is 9.59 Å². The summed E-state index contributed by atoms with van der Waals surface area (Å²) in [5.74, 6) is -0.0344. The van der Waals surface area contributed by atoms with Crippen molar-refractivity contribution in [2.75, 3.05) is 18.4 Å². The maximum absolute atomic E-state index is 10.8. The van der Waals surface area contributed by atoms with Gasteiger partial charge in [-0.05, 0) is 74.5 Å². The number of aliphatic carboxylic acids is 2. The zero-order chi connectivity index (χ0) is 25.4. The Balaban J connectivity index is 0.000000739. The first-order chi connectivity index (χ1) is 16.0. The predicted molar refractivity (Wildman–Crippen MR) is 139 cm³/mol. The fourth-order valence-electron chi connectivity index (χ4n) is 3.15. The Bertz CT molecular complexity index is 1140. The summed E-state index contributed by atoms with van der Waals surface area (Å²) in [5.41, 5.74) is 7.41. The van der Waals surface area contributed by atoms with Crippen LogP contribution >= 0.6 is 31.9 Å². The first kappa shape index (κ1) is 27.6. The van der Waals surface area contributed by atoms with Crippen LogP contribution in [-0.4, -0.2) is 45.0 Å². The number of nitrogens with two attached hydrogens (primary N) is 1. The molecule has 0 aliphatic rings. The van der Waals surface area contributed by atoms with Gasteiger partial charge in [-0.1, -0.05) is 20.8 Å². The molecule has 0 radical (unpaired) electrons. The number of hydrogen-bond donors (Lipinski definition) is 4. The van der Waals surface area contributed by atoms with Gasteiger partial charge in [0, 0.05) is 23.3 Å². The van der Waals surface area contributed by atoms with Gasteiger partial charge in [-0.15, -0.1) is 0 Å². The summed E-state index contributed by atoms with van der Waals surface area (Å²) in [6, 6.07) is 9.49. The van der Waals surface area contributed by atoms with Gasteiger partial charge in [0.05, 0.1) is 21.0 Å². The van der Waals surface area contributed by atoms with Crippen molar-refractivity contribution in [2.45, 2.75) is 33.7 Å². The third-order valence-corrected chi connectivity index (χ3v) is 5.71. The maximum atomic E-state index is 10.8. The molecule has 0 aliphatic heterocycles. The molecule has 34 heavy (non-hydrogen) atoms. The van der Waals surface area contributed by atoms with E-state index in [-0.39, 0.29) is 13.1 Å². The zero-order valence-electron chi connectivity index (χ0n) is 19.1. The van der Waals surface area contributed by atoms with Crippen molar-refractivity contribution in [3.05, 3.63) is 45.0 Å². The molecule has 1 heterocycles. The van der Waals surface area contributed by atoms with Crippen LogP contribution in [0.1, 0.15) is 26.5 Å². The lowest BCUT2D eigenvalue weighted by atomic mass is 10.1. The Morgan fingerprint density at radius 3 is 2.26 bits per heavy atom. The highest BCUT2D eigenvalue weighted by molar-refractivity contribution is 9.11. The summed E-state index contributed by atoms with van der Waals surface area (Å²) in [4.78, 5) is 20.0. The van der Waals surface area contributed by atoms with E-state index in [1.807, 2.05) is 18.2 Å². The summed E-state index contributed by atoms with van der Waals surface area (Å²) in [5, 5.41) is 25.1. The summed E-state index contributed by atoms with van der Waals surface area (Å²) >= 11 is 7.03. The van der Waals surface area contributed by atoms with Crippen LogP contribution in [0.4, 0.5) is 5.69 Å². The number of halogens is 2. The number of aryl methyl sites for hydroxylation is 1. The van der Waals surface area contributed by atoms with Crippen LogP contribution in [0.5, 0.6) is 11.5 Å². The van der Waals surface area contributed by atoms with Gasteiger partial charge in [-0.25, -0.2) is 0 Å². The number of rotatable bonds is 9. The van der Waals surface area contributed by atoms with Gasteiger partial charge in [0.25, 0.3) is 0 Å². The molecule has 3 rings (SSSR count). The molecule has 184 valence electrons. The van der Waals surface area contributed by atoms with Crippen LogP contribution in [0.15, 0.2) is 39.3 Å². The Morgan fingerprint density at radius 1 is 1.15 bits per heavy atom. The predicted octanol–water partition coefficient (Wildman–Crippen LogP) is 5.10. The van der Waals surface area contributed by atoms with Gasteiger partial charge in [0.2, 0.25) is 0 Å². The number of aromatic nitrogens is 2. The second kappa shape index (κ2) is 12.7. The number of carboxylic acid groups (broad SMARTS) is 2.